The Morgan fingerprint density at radius 2 is 1.86 bits per heavy atom. The van der Waals surface area contributed by atoms with Crippen molar-refractivity contribution in [2.45, 2.75) is 51.9 Å². The molecule has 7 heteroatoms. The number of hydrogen-bond acceptors (Lipinski definition) is 5. The van der Waals surface area contributed by atoms with E-state index in [0.29, 0.717) is 31.3 Å². The van der Waals surface area contributed by atoms with E-state index < -0.39 is 0 Å². The Kier molecular flexibility index (Phi) is 6.11. The Morgan fingerprint density at radius 3 is 2.43 bits per heavy atom. The Hall–Kier alpha value is -2.70. The van der Waals surface area contributed by atoms with Crippen molar-refractivity contribution in [2.24, 2.45) is 0 Å². The van der Waals surface area contributed by atoms with E-state index in [1.54, 1.807) is 11.8 Å². The second kappa shape index (κ2) is 8.54. The highest BCUT2D eigenvalue weighted by atomic mass is 16.5. The van der Waals surface area contributed by atoms with Crippen molar-refractivity contribution in [1.29, 1.82) is 0 Å². The number of para-hydroxylation sites is 1. The van der Waals surface area contributed by atoms with Crippen LogP contribution in [0.25, 0.3) is 0 Å². The van der Waals surface area contributed by atoms with Gasteiger partial charge < -0.3 is 14.3 Å². The third-order valence-corrected chi connectivity index (χ3v) is 5.52. The first-order valence-corrected chi connectivity index (χ1v) is 9.87. The Labute approximate surface area is 165 Å². The van der Waals surface area contributed by atoms with Crippen LogP contribution < -0.4 is 4.90 Å². The van der Waals surface area contributed by atoms with Crippen LogP contribution in [0.3, 0.4) is 0 Å². The topological polar surface area (TPSA) is 79.5 Å². The molecule has 28 heavy (non-hydrogen) atoms. The van der Waals surface area contributed by atoms with Gasteiger partial charge in [-0.05, 0) is 31.9 Å². The molecule has 0 saturated carbocycles. The number of carbonyl (C=O) groups is 2. The number of aromatic nitrogens is 2. The van der Waals surface area contributed by atoms with Crippen LogP contribution >= 0.6 is 0 Å². The molecule has 2 amide bonds. The highest BCUT2D eigenvalue weighted by molar-refractivity contribution is 5.95. The molecule has 1 fully saturated rings. The van der Waals surface area contributed by atoms with E-state index in [2.05, 4.69) is 17.1 Å². The number of carbonyl (C=O) groups excluding carboxylic acids is 2. The van der Waals surface area contributed by atoms with Gasteiger partial charge in [-0.1, -0.05) is 30.3 Å². The zero-order valence-corrected chi connectivity index (χ0v) is 16.9. The number of anilines is 1. The lowest BCUT2D eigenvalue weighted by Crippen LogP contribution is -2.44. The average molecular weight is 384 g/mol. The summed E-state index contributed by atoms with van der Waals surface area (Å²) in [4.78, 5) is 33.1. The fraction of sp³-hybridized carbons (Fsp3) is 0.524. The molecule has 0 bridgehead atoms. The Morgan fingerprint density at radius 1 is 1.18 bits per heavy atom. The predicted molar refractivity (Wildman–Crippen MR) is 106 cm³/mol. The van der Waals surface area contributed by atoms with Gasteiger partial charge in [-0.15, -0.1) is 0 Å². The van der Waals surface area contributed by atoms with E-state index >= 15 is 0 Å². The number of likely N-dealkylation sites (tertiary alicyclic amines) is 1. The molecular formula is C21H28N4O3. The van der Waals surface area contributed by atoms with Gasteiger partial charge in [0, 0.05) is 50.5 Å². The van der Waals surface area contributed by atoms with Gasteiger partial charge >= 0.3 is 0 Å². The lowest BCUT2D eigenvalue weighted by Gasteiger charge is -2.37. The summed E-state index contributed by atoms with van der Waals surface area (Å²) < 4.78 is 5.11. The summed E-state index contributed by atoms with van der Waals surface area (Å²) in [5.74, 6) is 1.29. The normalized spacial score (nSPS) is 16.0. The largest absolute Gasteiger partial charge is 0.343 e. The van der Waals surface area contributed by atoms with Crippen LogP contribution in [-0.4, -0.2) is 46.5 Å². The van der Waals surface area contributed by atoms with Crippen molar-refractivity contribution in [2.75, 3.05) is 24.5 Å². The minimum absolute atomic E-state index is 0.0221. The number of hydrogen-bond donors (Lipinski definition) is 0. The van der Waals surface area contributed by atoms with Crippen molar-refractivity contribution in [3.05, 3.63) is 42.0 Å². The van der Waals surface area contributed by atoms with Crippen molar-refractivity contribution in [1.82, 2.24) is 15.0 Å². The number of benzene rings is 1. The zero-order valence-electron chi connectivity index (χ0n) is 16.9. The molecule has 0 unspecified atom stereocenters. The molecule has 1 aromatic carbocycles. The molecule has 2 aromatic rings. The van der Waals surface area contributed by atoms with E-state index in [4.69, 9.17) is 4.52 Å². The van der Waals surface area contributed by atoms with E-state index in [-0.39, 0.29) is 30.1 Å². The fourth-order valence-corrected chi connectivity index (χ4v) is 3.64. The number of aryl methyl sites for hydroxylation is 1. The van der Waals surface area contributed by atoms with Gasteiger partial charge in [0.1, 0.15) is 0 Å². The van der Waals surface area contributed by atoms with Gasteiger partial charge in [0.2, 0.25) is 17.7 Å². The van der Waals surface area contributed by atoms with Crippen molar-refractivity contribution in [3.8, 4) is 0 Å². The molecule has 3 rings (SSSR count). The predicted octanol–water partition coefficient (Wildman–Crippen LogP) is 3.09. The van der Waals surface area contributed by atoms with Crippen molar-refractivity contribution in [3.63, 3.8) is 0 Å². The van der Waals surface area contributed by atoms with Gasteiger partial charge in [-0.3, -0.25) is 9.59 Å². The Bertz CT molecular complexity index is 810. The SMILES string of the molecule is CCN(C(=O)CCC(=O)N1CCC(C)(c2noc(C)n2)CC1)c1ccccc1. The van der Waals surface area contributed by atoms with Crippen LogP contribution in [0.15, 0.2) is 34.9 Å². The summed E-state index contributed by atoms with van der Waals surface area (Å²) in [6.45, 7) is 7.72. The van der Waals surface area contributed by atoms with E-state index in [1.165, 1.54) is 0 Å². The molecule has 2 heterocycles. The third-order valence-electron chi connectivity index (χ3n) is 5.52. The smallest absolute Gasteiger partial charge is 0.227 e. The van der Waals surface area contributed by atoms with E-state index in [1.807, 2.05) is 42.2 Å². The maximum absolute atomic E-state index is 12.6. The molecule has 0 radical (unpaired) electrons. The molecule has 1 saturated heterocycles. The van der Waals surface area contributed by atoms with E-state index in [0.717, 1.165) is 18.5 Å². The summed E-state index contributed by atoms with van der Waals surface area (Å²) in [7, 11) is 0. The quantitative estimate of drug-likeness (QED) is 0.765. The number of piperidine rings is 1. The van der Waals surface area contributed by atoms with Crippen molar-refractivity contribution < 1.29 is 14.1 Å². The summed E-state index contributed by atoms with van der Waals surface area (Å²) in [5.41, 5.74) is 0.697. The molecule has 1 aliphatic heterocycles. The molecule has 0 atom stereocenters. The first-order chi connectivity index (χ1) is 13.4. The molecule has 1 aliphatic rings. The second-order valence-electron chi connectivity index (χ2n) is 7.55. The van der Waals surface area contributed by atoms with Gasteiger partial charge in [0.15, 0.2) is 5.82 Å². The maximum atomic E-state index is 12.6. The third kappa shape index (κ3) is 4.40. The van der Waals surface area contributed by atoms with E-state index in [9.17, 15) is 9.59 Å². The maximum Gasteiger partial charge on any atom is 0.227 e. The fourth-order valence-electron chi connectivity index (χ4n) is 3.64. The lowest BCUT2D eigenvalue weighted by molar-refractivity contribution is -0.134. The molecule has 0 N–H and O–H groups in total. The number of amides is 2. The number of rotatable bonds is 6. The van der Waals surface area contributed by atoms with Crippen LogP contribution in [0.5, 0.6) is 0 Å². The summed E-state index contributed by atoms with van der Waals surface area (Å²) in [5, 5.41) is 4.06. The molecule has 150 valence electrons. The minimum atomic E-state index is -0.170. The molecule has 7 nitrogen and oxygen atoms in total. The van der Waals surface area contributed by atoms with Crippen LogP contribution in [0, 0.1) is 6.92 Å². The molecular weight excluding hydrogens is 356 g/mol. The van der Waals surface area contributed by atoms with Crippen molar-refractivity contribution >= 4 is 17.5 Å². The second-order valence-corrected chi connectivity index (χ2v) is 7.55. The van der Waals surface area contributed by atoms with Gasteiger partial charge in [0.05, 0.1) is 0 Å². The highest BCUT2D eigenvalue weighted by Gasteiger charge is 2.37. The van der Waals surface area contributed by atoms with Gasteiger partial charge in [-0.25, -0.2) is 0 Å². The summed E-state index contributed by atoms with van der Waals surface area (Å²) >= 11 is 0. The first-order valence-electron chi connectivity index (χ1n) is 9.87. The van der Waals surface area contributed by atoms with Crippen LogP contribution in [0.4, 0.5) is 5.69 Å². The average Bonchev–Trinajstić information content (AvgIpc) is 3.15. The zero-order chi connectivity index (χ0) is 20.1. The highest BCUT2D eigenvalue weighted by Crippen LogP contribution is 2.33. The van der Waals surface area contributed by atoms with Crippen LogP contribution in [0.1, 0.15) is 51.2 Å². The first kappa shape index (κ1) is 20.0. The molecule has 0 aliphatic carbocycles. The monoisotopic (exact) mass is 384 g/mol. The summed E-state index contributed by atoms with van der Waals surface area (Å²) in [6.07, 6.45) is 2.03. The van der Waals surface area contributed by atoms with Gasteiger partial charge in [-0.2, -0.15) is 4.98 Å². The summed E-state index contributed by atoms with van der Waals surface area (Å²) in [6, 6.07) is 9.56. The standard InChI is InChI=1S/C21H28N4O3/c1-4-25(17-8-6-5-7-9-17)19(27)11-10-18(26)24-14-12-21(3,13-15-24)20-22-16(2)28-23-20/h5-9H,4,10-15H2,1-3H3. The lowest BCUT2D eigenvalue weighted by atomic mass is 9.79. The van der Waals surface area contributed by atoms with Crippen LogP contribution in [0.2, 0.25) is 0 Å². The molecule has 1 aromatic heterocycles. The van der Waals surface area contributed by atoms with Crippen LogP contribution in [-0.2, 0) is 15.0 Å². The number of nitrogens with zero attached hydrogens (tertiary/aromatic N) is 4. The Balaban J connectivity index is 1.51. The molecule has 0 spiro atoms. The minimum Gasteiger partial charge on any atom is -0.343 e. The van der Waals surface area contributed by atoms with Gasteiger partial charge in [0.25, 0.3) is 0 Å².